The highest BCUT2D eigenvalue weighted by atomic mass is 16.4. The van der Waals surface area contributed by atoms with Crippen LogP contribution in [0.5, 0.6) is 0 Å². The van der Waals surface area contributed by atoms with Crippen molar-refractivity contribution < 1.29 is 15.0 Å². The van der Waals surface area contributed by atoms with Crippen LogP contribution in [0.4, 0.5) is 0 Å². The topological polar surface area (TPSA) is 57.5 Å². The summed E-state index contributed by atoms with van der Waals surface area (Å²) in [6.07, 6.45) is 4.42. The number of carboxylic acids is 1. The van der Waals surface area contributed by atoms with Gasteiger partial charge in [0.15, 0.2) is 0 Å². The Hall–Kier alpha value is -1.09. The van der Waals surface area contributed by atoms with E-state index >= 15 is 0 Å². The lowest BCUT2D eigenvalue weighted by molar-refractivity contribution is -0.132. The number of hydrogen-bond donors (Lipinski definition) is 2. The molecule has 100 valence electrons. The zero-order valence-corrected chi connectivity index (χ0v) is 11.3. The predicted molar refractivity (Wildman–Crippen MR) is 70.1 cm³/mol. The van der Waals surface area contributed by atoms with Crippen molar-refractivity contribution in [1.82, 2.24) is 0 Å². The van der Waals surface area contributed by atoms with Gasteiger partial charge in [0, 0.05) is 11.5 Å². The number of rotatable bonds is 2. The second-order valence-corrected chi connectivity index (χ2v) is 5.85. The van der Waals surface area contributed by atoms with Crippen molar-refractivity contribution in [3.05, 3.63) is 22.8 Å². The van der Waals surface area contributed by atoms with E-state index in [4.69, 9.17) is 5.11 Å². The summed E-state index contributed by atoms with van der Waals surface area (Å²) in [5.41, 5.74) is 2.98. The summed E-state index contributed by atoms with van der Waals surface area (Å²) in [6, 6.07) is 0. The van der Waals surface area contributed by atoms with Gasteiger partial charge in [-0.25, -0.2) is 4.79 Å². The van der Waals surface area contributed by atoms with Gasteiger partial charge in [0.05, 0.1) is 6.10 Å². The molecule has 0 amide bonds. The Balaban J connectivity index is 2.31. The van der Waals surface area contributed by atoms with E-state index in [9.17, 15) is 9.90 Å². The molecule has 2 aliphatic rings. The van der Waals surface area contributed by atoms with E-state index < -0.39 is 5.97 Å². The Morgan fingerprint density at radius 3 is 2.67 bits per heavy atom. The van der Waals surface area contributed by atoms with E-state index in [1.165, 1.54) is 11.1 Å². The SMILES string of the molecule is CC1=C2[C@H]([C@H](C)CC[C@H]2/C=C(\C)C(=O)O)[C@H](O)C1. The van der Waals surface area contributed by atoms with Crippen molar-refractivity contribution in [2.45, 2.75) is 46.1 Å². The number of aliphatic hydroxyl groups is 1. The molecule has 0 unspecified atom stereocenters. The fraction of sp³-hybridized carbons (Fsp3) is 0.667. The molecule has 2 aliphatic carbocycles. The number of aliphatic hydroxyl groups excluding tert-OH is 1. The molecule has 0 aliphatic heterocycles. The third kappa shape index (κ3) is 2.24. The summed E-state index contributed by atoms with van der Waals surface area (Å²) in [6.45, 7) is 5.92. The van der Waals surface area contributed by atoms with Gasteiger partial charge in [-0.1, -0.05) is 24.1 Å². The van der Waals surface area contributed by atoms with Crippen LogP contribution < -0.4 is 0 Å². The van der Waals surface area contributed by atoms with E-state index in [1.807, 2.05) is 6.08 Å². The van der Waals surface area contributed by atoms with Crippen molar-refractivity contribution in [3.63, 3.8) is 0 Å². The number of carboxylic acid groups (broad SMARTS) is 1. The molecule has 0 aromatic rings. The highest BCUT2D eigenvalue weighted by Gasteiger charge is 2.41. The summed E-state index contributed by atoms with van der Waals surface area (Å²) in [4.78, 5) is 10.9. The number of carbonyl (C=O) groups is 1. The summed E-state index contributed by atoms with van der Waals surface area (Å²) in [5.74, 6) is 0.102. The predicted octanol–water partition coefficient (Wildman–Crippen LogP) is 2.76. The van der Waals surface area contributed by atoms with Crippen LogP contribution in [0.1, 0.15) is 40.0 Å². The molecule has 2 rings (SSSR count). The van der Waals surface area contributed by atoms with Gasteiger partial charge in [-0.3, -0.25) is 0 Å². The minimum atomic E-state index is -0.845. The second kappa shape index (κ2) is 4.88. The van der Waals surface area contributed by atoms with Gasteiger partial charge >= 0.3 is 5.97 Å². The number of allylic oxidation sites excluding steroid dienone is 1. The maximum absolute atomic E-state index is 10.9. The first-order chi connectivity index (χ1) is 8.41. The fourth-order valence-corrected chi connectivity index (χ4v) is 3.62. The van der Waals surface area contributed by atoms with Gasteiger partial charge < -0.3 is 10.2 Å². The smallest absolute Gasteiger partial charge is 0.330 e. The van der Waals surface area contributed by atoms with E-state index in [0.29, 0.717) is 11.5 Å². The first-order valence-electron chi connectivity index (χ1n) is 6.71. The van der Waals surface area contributed by atoms with Gasteiger partial charge in [-0.05, 0) is 44.9 Å². The van der Waals surface area contributed by atoms with Crippen molar-refractivity contribution in [3.8, 4) is 0 Å². The van der Waals surface area contributed by atoms with Crippen LogP contribution in [0.3, 0.4) is 0 Å². The average Bonchev–Trinajstić information content (AvgIpc) is 2.59. The first kappa shape index (κ1) is 13.3. The standard InChI is InChI=1S/C15H22O3/c1-8-4-5-11(6-10(3)15(17)18)13-9(2)7-12(16)14(8)13/h6,8,11-12,14,16H,4-5,7H2,1-3H3,(H,17,18)/b10-6+/t8-,11+,12-,14-/m1/s1. The van der Waals surface area contributed by atoms with Gasteiger partial charge in [-0.15, -0.1) is 0 Å². The molecule has 2 N–H and O–H groups in total. The summed E-state index contributed by atoms with van der Waals surface area (Å²) < 4.78 is 0. The molecule has 3 nitrogen and oxygen atoms in total. The highest BCUT2D eigenvalue weighted by molar-refractivity contribution is 5.85. The third-order valence-corrected chi connectivity index (χ3v) is 4.52. The molecule has 0 bridgehead atoms. The first-order valence-corrected chi connectivity index (χ1v) is 6.71. The van der Waals surface area contributed by atoms with Crippen molar-refractivity contribution >= 4 is 5.97 Å². The molecule has 0 spiro atoms. The molecule has 0 saturated heterocycles. The van der Waals surface area contributed by atoms with Crippen LogP contribution in [0.25, 0.3) is 0 Å². The second-order valence-electron chi connectivity index (χ2n) is 5.85. The molecule has 3 heteroatoms. The molecule has 1 fully saturated rings. The largest absolute Gasteiger partial charge is 0.478 e. The molecule has 18 heavy (non-hydrogen) atoms. The van der Waals surface area contributed by atoms with Crippen LogP contribution in [-0.2, 0) is 4.79 Å². The van der Waals surface area contributed by atoms with Crippen LogP contribution >= 0.6 is 0 Å². The lowest BCUT2D eigenvalue weighted by Gasteiger charge is -2.35. The van der Waals surface area contributed by atoms with Gasteiger partial charge in [0.2, 0.25) is 0 Å². The van der Waals surface area contributed by atoms with Crippen molar-refractivity contribution in [1.29, 1.82) is 0 Å². The Labute approximate surface area is 108 Å². The van der Waals surface area contributed by atoms with Crippen LogP contribution in [-0.4, -0.2) is 22.3 Å². The summed E-state index contributed by atoms with van der Waals surface area (Å²) in [5, 5.41) is 19.1. The molecular weight excluding hydrogens is 228 g/mol. The normalized spacial score (nSPS) is 36.8. The van der Waals surface area contributed by atoms with E-state index in [-0.39, 0.29) is 17.9 Å². The number of aliphatic carboxylic acids is 1. The van der Waals surface area contributed by atoms with Crippen LogP contribution in [0, 0.1) is 17.8 Å². The summed E-state index contributed by atoms with van der Waals surface area (Å²) in [7, 11) is 0. The molecule has 1 saturated carbocycles. The molecule has 0 heterocycles. The maximum atomic E-state index is 10.9. The van der Waals surface area contributed by atoms with Crippen molar-refractivity contribution in [2.75, 3.05) is 0 Å². The Kier molecular flexibility index (Phi) is 3.62. The van der Waals surface area contributed by atoms with E-state index in [1.54, 1.807) is 6.92 Å². The molecule has 4 atom stereocenters. The minimum Gasteiger partial charge on any atom is -0.478 e. The monoisotopic (exact) mass is 250 g/mol. The van der Waals surface area contributed by atoms with Gasteiger partial charge in [0.25, 0.3) is 0 Å². The molecule has 0 radical (unpaired) electrons. The average molecular weight is 250 g/mol. The lowest BCUT2D eigenvalue weighted by atomic mass is 9.70. The fourth-order valence-electron chi connectivity index (χ4n) is 3.62. The molecule has 0 aromatic heterocycles. The lowest BCUT2D eigenvalue weighted by Crippen LogP contribution is -2.30. The van der Waals surface area contributed by atoms with Crippen LogP contribution in [0.15, 0.2) is 22.8 Å². The van der Waals surface area contributed by atoms with Crippen molar-refractivity contribution in [2.24, 2.45) is 17.8 Å². The van der Waals surface area contributed by atoms with E-state index in [2.05, 4.69) is 13.8 Å². The third-order valence-electron chi connectivity index (χ3n) is 4.52. The zero-order chi connectivity index (χ0) is 13.4. The molecular formula is C15H22O3. The number of hydrogen-bond acceptors (Lipinski definition) is 2. The summed E-state index contributed by atoms with van der Waals surface area (Å²) >= 11 is 0. The van der Waals surface area contributed by atoms with E-state index in [0.717, 1.165) is 19.3 Å². The number of fused-ring (bicyclic) bond motifs is 1. The molecule has 0 aromatic carbocycles. The van der Waals surface area contributed by atoms with Gasteiger partial charge in [-0.2, -0.15) is 0 Å². The highest BCUT2D eigenvalue weighted by Crippen LogP contribution is 2.48. The minimum absolute atomic E-state index is 0.208. The quantitative estimate of drug-likeness (QED) is 0.585. The Morgan fingerprint density at radius 2 is 2.06 bits per heavy atom. The Bertz CT molecular complexity index is 419. The van der Waals surface area contributed by atoms with Crippen LogP contribution in [0.2, 0.25) is 0 Å². The van der Waals surface area contributed by atoms with Gasteiger partial charge in [0.1, 0.15) is 0 Å². The Morgan fingerprint density at radius 1 is 1.39 bits per heavy atom. The maximum Gasteiger partial charge on any atom is 0.330 e. The zero-order valence-electron chi connectivity index (χ0n) is 11.3.